The summed E-state index contributed by atoms with van der Waals surface area (Å²) in [6.07, 6.45) is 6.10. The molecule has 1 N–H and O–H groups in total. The lowest BCUT2D eigenvalue weighted by molar-refractivity contribution is 0.357. The Bertz CT molecular complexity index is 1160. The first-order chi connectivity index (χ1) is 14.1. The van der Waals surface area contributed by atoms with Gasteiger partial charge in [0, 0.05) is 43.5 Å². The van der Waals surface area contributed by atoms with E-state index in [0.29, 0.717) is 35.2 Å². The Morgan fingerprint density at radius 1 is 1.17 bits per heavy atom. The number of fused-ring (bicyclic) bond motifs is 2. The lowest BCUT2D eigenvalue weighted by Crippen LogP contribution is -2.41. The lowest BCUT2D eigenvalue weighted by atomic mass is 10.1. The van der Waals surface area contributed by atoms with Crippen LogP contribution in [0.15, 0.2) is 47.6 Å². The smallest absolute Gasteiger partial charge is 0.268 e. The molecule has 1 aromatic carbocycles. The number of pyridine rings is 1. The van der Waals surface area contributed by atoms with Crippen LogP contribution in [0.2, 0.25) is 0 Å². The van der Waals surface area contributed by atoms with Crippen molar-refractivity contribution in [3.05, 3.63) is 48.3 Å². The SMILES string of the molecule is CNC1CCN(c2cn(S(=O)(=O)c3cccc4c3CCO4)c3cccnc23)CC1. The fraction of sp³-hybridized carbons (Fsp3) is 0.381. The Hall–Kier alpha value is -2.58. The predicted octanol–water partition coefficient (Wildman–Crippen LogP) is 2.40. The molecule has 2 aromatic heterocycles. The second-order valence-electron chi connectivity index (χ2n) is 7.57. The molecule has 8 heteroatoms. The van der Waals surface area contributed by atoms with Gasteiger partial charge in [0.05, 0.1) is 22.7 Å². The molecule has 0 saturated carbocycles. The molecule has 2 aliphatic rings. The van der Waals surface area contributed by atoms with Gasteiger partial charge in [-0.1, -0.05) is 6.07 Å². The molecule has 0 atom stereocenters. The summed E-state index contributed by atoms with van der Waals surface area (Å²) in [6, 6.07) is 9.35. The van der Waals surface area contributed by atoms with E-state index in [9.17, 15) is 8.42 Å². The van der Waals surface area contributed by atoms with Crippen molar-refractivity contribution in [1.82, 2.24) is 14.3 Å². The molecular formula is C21H24N4O3S. The Morgan fingerprint density at radius 3 is 2.79 bits per heavy atom. The fourth-order valence-corrected chi connectivity index (χ4v) is 6.01. The molecule has 7 nitrogen and oxygen atoms in total. The molecule has 2 aliphatic heterocycles. The Morgan fingerprint density at radius 2 is 2.00 bits per heavy atom. The van der Waals surface area contributed by atoms with Crippen molar-refractivity contribution in [2.45, 2.75) is 30.2 Å². The van der Waals surface area contributed by atoms with Gasteiger partial charge in [0.25, 0.3) is 10.0 Å². The molecule has 0 bridgehead atoms. The molecule has 152 valence electrons. The maximum Gasteiger partial charge on any atom is 0.268 e. The lowest BCUT2D eigenvalue weighted by Gasteiger charge is -2.32. The van der Waals surface area contributed by atoms with Crippen molar-refractivity contribution in [3.8, 4) is 5.75 Å². The van der Waals surface area contributed by atoms with E-state index in [-0.39, 0.29) is 0 Å². The molecular weight excluding hydrogens is 388 g/mol. The van der Waals surface area contributed by atoms with Gasteiger partial charge in [-0.2, -0.15) is 0 Å². The summed E-state index contributed by atoms with van der Waals surface area (Å²) >= 11 is 0. The summed E-state index contributed by atoms with van der Waals surface area (Å²) < 4.78 is 34.3. The third kappa shape index (κ3) is 2.98. The van der Waals surface area contributed by atoms with Gasteiger partial charge in [-0.05, 0) is 44.2 Å². The summed E-state index contributed by atoms with van der Waals surface area (Å²) in [5.74, 6) is 0.662. The summed E-state index contributed by atoms with van der Waals surface area (Å²) in [7, 11) is -1.78. The summed E-state index contributed by atoms with van der Waals surface area (Å²) in [5.41, 5.74) is 2.97. The van der Waals surface area contributed by atoms with Crippen LogP contribution < -0.4 is 15.0 Å². The Kier molecular flexibility index (Phi) is 4.48. The molecule has 0 aliphatic carbocycles. The maximum absolute atomic E-state index is 13.7. The first kappa shape index (κ1) is 18.4. The quantitative estimate of drug-likeness (QED) is 0.709. The molecule has 4 heterocycles. The van der Waals surface area contributed by atoms with Crippen LogP contribution in [0.1, 0.15) is 18.4 Å². The minimum Gasteiger partial charge on any atom is -0.493 e. The second kappa shape index (κ2) is 7.03. The van der Waals surface area contributed by atoms with E-state index >= 15 is 0 Å². The van der Waals surface area contributed by atoms with E-state index < -0.39 is 10.0 Å². The number of nitrogens with one attached hydrogen (secondary N) is 1. The van der Waals surface area contributed by atoms with Crippen LogP contribution >= 0.6 is 0 Å². The van der Waals surface area contributed by atoms with E-state index in [2.05, 4.69) is 15.2 Å². The zero-order chi connectivity index (χ0) is 20.0. The van der Waals surface area contributed by atoms with Crippen LogP contribution in [-0.2, 0) is 16.4 Å². The van der Waals surface area contributed by atoms with Gasteiger partial charge in [0.1, 0.15) is 11.3 Å². The number of benzene rings is 1. The standard InChI is InChI=1S/C21H24N4O3S/c1-22-15-7-11-24(12-8-15)18-14-25(17-4-3-10-23-21(17)18)29(26,27)20-6-2-5-19-16(20)9-13-28-19/h2-6,10,14-15,22H,7-9,11-13H2,1H3. The average molecular weight is 413 g/mol. The van der Waals surface area contributed by atoms with Crippen LogP contribution in [0.5, 0.6) is 5.75 Å². The third-order valence-electron chi connectivity index (χ3n) is 5.99. The molecule has 5 rings (SSSR count). The fourth-order valence-electron chi connectivity index (χ4n) is 4.39. The molecule has 0 amide bonds. The molecule has 0 radical (unpaired) electrons. The number of piperidine rings is 1. The summed E-state index contributed by atoms with van der Waals surface area (Å²) in [5, 5.41) is 3.33. The van der Waals surface area contributed by atoms with Gasteiger partial charge in [-0.3, -0.25) is 4.98 Å². The third-order valence-corrected chi connectivity index (χ3v) is 7.74. The molecule has 3 aromatic rings. The van der Waals surface area contributed by atoms with Crippen LogP contribution in [0.4, 0.5) is 5.69 Å². The number of hydrogen-bond acceptors (Lipinski definition) is 6. The zero-order valence-electron chi connectivity index (χ0n) is 16.3. The minimum absolute atomic E-state index is 0.314. The zero-order valence-corrected chi connectivity index (χ0v) is 17.2. The number of nitrogens with zero attached hydrogens (tertiary/aromatic N) is 3. The second-order valence-corrected chi connectivity index (χ2v) is 9.35. The van der Waals surface area contributed by atoms with E-state index in [1.807, 2.05) is 19.2 Å². The van der Waals surface area contributed by atoms with Crippen LogP contribution in [0, 0.1) is 0 Å². The van der Waals surface area contributed by atoms with Crippen molar-refractivity contribution >= 4 is 26.7 Å². The monoisotopic (exact) mass is 412 g/mol. The van der Waals surface area contributed by atoms with E-state index in [4.69, 9.17) is 4.74 Å². The number of rotatable bonds is 4. The first-order valence-corrected chi connectivity index (χ1v) is 11.4. The maximum atomic E-state index is 13.7. The van der Waals surface area contributed by atoms with Crippen molar-refractivity contribution in [1.29, 1.82) is 0 Å². The van der Waals surface area contributed by atoms with Crippen molar-refractivity contribution in [3.63, 3.8) is 0 Å². The highest BCUT2D eigenvalue weighted by atomic mass is 32.2. The van der Waals surface area contributed by atoms with Crippen LogP contribution in [-0.4, -0.2) is 50.2 Å². The largest absolute Gasteiger partial charge is 0.493 e. The highest BCUT2D eigenvalue weighted by Crippen LogP contribution is 2.36. The Balaban J connectivity index is 1.62. The van der Waals surface area contributed by atoms with Gasteiger partial charge >= 0.3 is 0 Å². The summed E-state index contributed by atoms with van der Waals surface area (Å²) in [6.45, 7) is 2.26. The highest BCUT2D eigenvalue weighted by Gasteiger charge is 2.29. The number of aromatic nitrogens is 2. The highest BCUT2D eigenvalue weighted by molar-refractivity contribution is 7.90. The summed E-state index contributed by atoms with van der Waals surface area (Å²) in [4.78, 5) is 7.09. The van der Waals surface area contributed by atoms with Gasteiger partial charge < -0.3 is 15.0 Å². The van der Waals surface area contributed by atoms with Gasteiger partial charge in [0.15, 0.2) is 0 Å². The van der Waals surface area contributed by atoms with Crippen molar-refractivity contribution in [2.75, 3.05) is 31.6 Å². The number of ether oxygens (including phenoxy) is 1. The van der Waals surface area contributed by atoms with E-state index in [1.165, 1.54) is 3.97 Å². The van der Waals surface area contributed by atoms with Crippen LogP contribution in [0.3, 0.4) is 0 Å². The topological polar surface area (TPSA) is 76.5 Å². The van der Waals surface area contributed by atoms with E-state index in [0.717, 1.165) is 42.7 Å². The van der Waals surface area contributed by atoms with Crippen molar-refractivity contribution in [2.24, 2.45) is 0 Å². The first-order valence-electron chi connectivity index (χ1n) is 9.98. The van der Waals surface area contributed by atoms with Gasteiger partial charge in [0.2, 0.25) is 0 Å². The van der Waals surface area contributed by atoms with Crippen LogP contribution in [0.25, 0.3) is 11.0 Å². The molecule has 0 spiro atoms. The number of hydrogen-bond donors (Lipinski definition) is 1. The van der Waals surface area contributed by atoms with Gasteiger partial charge in [-0.25, -0.2) is 12.4 Å². The molecule has 1 saturated heterocycles. The molecule has 0 unspecified atom stereocenters. The predicted molar refractivity (Wildman–Crippen MR) is 112 cm³/mol. The average Bonchev–Trinajstić information content (AvgIpc) is 3.38. The minimum atomic E-state index is -3.77. The Labute approximate surface area is 170 Å². The van der Waals surface area contributed by atoms with Crippen molar-refractivity contribution < 1.29 is 13.2 Å². The number of anilines is 1. The molecule has 1 fully saturated rings. The normalized spacial score (nSPS) is 17.5. The van der Waals surface area contributed by atoms with E-state index in [1.54, 1.807) is 30.6 Å². The van der Waals surface area contributed by atoms with Gasteiger partial charge in [-0.15, -0.1) is 0 Å². The molecule has 29 heavy (non-hydrogen) atoms.